The molecule has 2 rings (SSSR count). The van der Waals surface area contributed by atoms with Crippen molar-refractivity contribution in [3.8, 4) is 0 Å². The lowest BCUT2D eigenvalue weighted by molar-refractivity contribution is 0.169. The van der Waals surface area contributed by atoms with Crippen LogP contribution in [0.25, 0.3) is 0 Å². The summed E-state index contributed by atoms with van der Waals surface area (Å²) in [6.07, 6.45) is 12.0. The molecule has 0 spiro atoms. The minimum atomic E-state index is 0.809. The Kier molecular flexibility index (Phi) is 6.50. The molecule has 3 unspecified atom stereocenters. The summed E-state index contributed by atoms with van der Waals surface area (Å²) < 4.78 is 1.10. The van der Waals surface area contributed by atoms with Crippen molar-refractivity contribution >= 4 is 15.9 Å². The quantitative estimate of drug-likeness (QED) is 0.829. The fourth-order valence-electron chi connectivity index (χ4n) is 3.75. The van der Waals surface area contributed by atoms with Crippen LogP contribution < -0.4 is 5.32 Å². The number of aromatic nitrogens is 1. The van der Waals surface area contributed by atoms with Gasteiger partial charge >= 0.3 is 0 Å². The van der Waals surface area contributed by atoms with Gasteiger partial charge in [0.15, 0.2) is 0 Å². The van der Waals surface area contributed by atoms with E-state index in [4.69, 9.17) is 0 Å². The fraction of sp³-hybridized carbons (Fsp3) is 0.706. The molecule has 3 heteroatoms. The first-order valence-electron chi connectivity index (χ1n) is 7.97. The Balaban J connectivity index is 2.02. The summed E-state index contributed by atoms with van der Waals surface area (Å²) in [5, 5.41) is 3.39. The molecule has 3 atom stereocenters. The van der Waals surface area contributed by atoms with E-state index in [0.29, 0.717) is 0 Å². The van der Waals surface area contributed by atoms with Gasteiger partial charge < -0.3 is 5.32 Å². The van der Waals surface area contributed by atoms with Gasteiger partial charge in [0, 0.05) is 16.9 Å². The summed E-state index contributed by atoms with van der Waals surface area (Å²) in [5.74, 6) is 2.58. The second-order valence-electron chi connectivity index (χ2n) is 6.26. The average Bonchev–Trinajstić information content (AvgIpc) is 2.42. The van der Waals surface area contributed by atoms with Crippen molar-refractivity contribution in [3.63, 3.8) is 0 Å². The summed E-state index contributed by atoms with van der Waals surface area (Å²) in [6.45, 7) is 3.47. The lowest BCUT2D eigenvalue weighted by Crippen LogP contribution is -2.33. The lowest BCUT2D eigenvalue weighted by atomic mass is 9.70. The molecular formula is C17H27BrN2. The Morgan fingerprint density at radius 2 is 2.15 bits per heavy atom. The van der Waals surface area contributed by atoms with Crippen molar-refractivity contribution in [1.29, 1.82) is 0 Å². The van der Waals surface area contributed by atoms with E-state index in [0.717, 1.165) is 28.8 Å². The molecule has 0 radical (unpaired) electrons. The van der Waals surface area contributed by atoms with Crippen molar-refractivity contribution in [2.24, 2.45) is 17.8 Å². The maximum absolute atomic E-state index is 4.31. The Morgan fingerprint density at radius 3 is 2.85 bits per heavy atom. The predicted molar refractivity (Wildman–Crippen MR) is 88.8 cm³/mol. The molecule has 0 bridgehead atoms. The van der Waals surface area contributed by atoms with Crippen molar-refractivity contribution < 1.29 is 0 Å². The molecular weight excluding hydrogens is 312 g/mol. The molecule has 1 aliphatic carbocycles. The van der Waals surface area contributed by atoms with Crippen molar-refractivity contribution in [3.05, 3.63) is 28.5 Å². The Morgan fingerprint density at radius 1 is 1.30 bits per heavy atom. The molecule has 1 aliphatic rings. The third-order valence-electron chi connectivity index (χ3n) is 4.67. The molecule has 1 saturated carbocycles. The van der Waals surface area contributed by atoms with Crippen LogP contribution >= 0.6 is 15.9 Å². The van der Waals surface area contributed by atoms with E-state index in [-0.39, 0.29) is 0 Å². The highest BCUT2D eigenvalue weighted by Gasteiger charge is 2.29. The molecule has 1 N–H and O–H groups in total. The summed E-state index contributed by atoms with van der Waals surface area (Å²) in [4.78, 5) is 4.31. The summed E-state index contributed by atoms with van der Waals surface area (Å²) in [5.41, 5.74) is 1.38. The largest absolute Gasteiger partial charge is 0.319 e. The van der Waals surface area contributed by atoms with Gasteiger partial charge in [-0.05, 0) is 78.2 Å². The monoisotopic (exact) mass is 338 g/mol. The minimum absolute atomic E-state index is 0.809. The zero-order chi connectivity index (χ0) is 14.4. The molecule has 1 aromatic heterocycles. The molecule has 1 heterocycles. The number of pyridine rings is 1. The molecule has 0 aromatic carbocycles. The standard InChI is InChI=1S/C17H27BrN2/c1-3-4-13-5-6-15(11-19-2)16(7-13)8-14-9-17(18)12-20-10-14/h9-10,12-13,15-16,19H,3-8,11H2,1-2H3. The van der Waals surface area contributed by atoms with Gasteiger partial charge in [0.1, 0.15) is 0 Å². The third-order valence-corrected chi connectivity index (χ3v) is 5.10. The van der Waals surface area contributed by atoms with E-state index in [2.05, 4.69) is 46.3 Å². The minimum Gasteiger partial charge on any atom is -0.319 e. The van der Waals surface area contributed by atoms with Crippen LogP contribution in [-0.2, 0) is 6.42 Å². The maximum Gasteiger partial charge on any atom is 0.0410 e. The molecule has 0 amide bonds. The third kappa shape index (κ3) is 4.56. The van der Waals surface area contributed by atoms with Gasteiger partial charge in [-0.15, -0.1) is 0 Å². The maximum atomic E-state index is 4.31. The topological polar surface area (TPSA) is 24.9 Å². The second-order valence-corrected chi connectivity index (χ2v) is 7.18. The van der Waals surface area contributed by atoms with Gasteiger partial charge in [-0.1, -0.05) is 26.2 Å². The van der Waals surface area contributed by atoms with Gasteiger partial charge in [-0.25, -0.2) is 0 Å². The van der Waals surface area contributed by atoms with E-state index in [1.54, 1.807) is 0 Å². The molecule has 112 valence electrons. The van der Waals surface area contributed by atoms with Crippen LogP contribution in [0.4, 0.5) is 0 Å². The van der Waals surface area contributed by atoms with Crippen LogP contribution in [0.1, 0.15) is 44.6 Å². The number of rotatable bonds is 6. The molecule has 20 heavy (non-hydrogen) atoms. The van der Waals surface area contributed by atoms with E-state index in [1.807, 2.05) is 12.4 Å². The lowest BCUT2D eigenvalue weighted by Gasteiger charge is -2.36. The van der Waals surface area contributed by atoms with Crippen molar-refractivity contribution in [2.45, 2.75) is 45.4 Å². The Hall–Kier alpha value is -0.410. The number of halogens is 1. The average molecular weight is 339 g/mol. The highest BCUT2D eigenvalue weighted by Crippen LogP contribution is 2.37. The van der Waals surface area contributed by atoms with Crippen LogP contribution in [0, 0.1) is 17.8 Å². The number of nitrogens with one attached hydrogen (secondary N) is 1. The summed E-state index contributed by atoms with van der Waals surface area (Å²) in [7, 11) is 2.08. The van der Waals surface area contributed by atoms with Gasteiger partial charge in [-0.3, -0.25) is 4.98 Å². The van der Waals surface area contributed by atoms with E-state index in [1.165, 1.54) is 44.1 Å². The predicted octanol–water partition coefficient (Wildman–Crippen LogP) is 4.44. The van der Waals surface area contributed by atoms with Gasteiger partial charge in [-0.2, -0.15) is 0 Å². The fourth-order valence-corrected chi connectivity index (χ4v) is 4.16. The molecule has 1 aromatic rings. The molecule has 1 fully saturated rings. The summed E-state index contributed by atoms with van der Waals surface area (Å²) >= 11 is 3.53. The van der Waals surface area contributed by atoms with E-state index < -0.39 is 0 Å². The highest BCUT2D eigenvalue weighted by atomic mass is 79.9. The zero-order valence-corrected chi connectivity index (χ0v) is 14.3. The molecule has 0 aliphatic heterocycles. The van der Waals surface area contributed by atoms with Crippen LogP contribution in [0.5, 0.6) is 0 Å². The highest BCUT2D eigenvalue weighted by molar-refractivity contribution is 9.10. The van der Waals surface area contributed by atoms with Crippen molar-refractivity contribution in [2.75, 3.05) is 13.6 Å². The number of hydrogen-bond acceptors (Lipinski definition) is 2. The van der Waals surface area contributed by atoms with Crippen LogP contribution in [0.2, 0.25) is 0 Å². The van der Waals surface area contributed by atoms with Crippen LogP contribution in [0.3, 0.4) is 0 Å². The number of nitrogens with zero attached hydrogens (tertiary/aromatic N) is 1. The first-order valence-corrected chi connectivity index (χ1v) is 8.76. The van der Waals surface area contributed by atoms with Gasteiger partial charge in [0.2, 0.25) is 0 Å². The smallest absolute Gasteiger partial charge is 0.0410 e. The Bertz CT molecular complexity index is 408. The first kappa shape index (κ1) is 16.0. The van der Waals surface area contributed by atoms with Crippen molar-refractivity contribution in [1.82, 2.24) is 10.3 Å². The molecule has 2 nitrogen and oxygen atoms in total. The molecule has 0 saturated heterocycles. The second kappa shape index (κ2) is 8.14. The zero-order valence-electron chi connectivity index (χ0n) is 12.7. The SMILES string of the molecule is CCCC1CCC(CNC)C(Cc2cncc(Br)c2)C1. The summed E-state index contributed by atoms with van der Waals surface area (Å²) in [6, 6.07) is 2.23. The van der Waals surface area contributed by atoms with Crippen LogP contribution in [0.15, 0.2) is 22.9 Å². The number of hydrogen-bond donors (Lipinski definition) is 1. The van der Waals surface area contributed by atoms with Gasteiger partial charge in [0.05, 0.1) is 0 Å². The van der Waals surface area contributed by atoms with Crippen LogP contribution in [-0.4, -0.2) is 18.6 Å². The van der Waals surface area contributed by atoms with E-state index in [9.17, 15) is 0 Å². The van der Waals surface area contributed by atoms with E-state index >= 15 is 0 Å². The first-order chi connectivity index (χ1) is 9.72. The van der Waals surface area contributed by atoms with Gasteiger partial charge in [0.25, 0.3) is 0 Å². The normalized spacial score (nSPS) is 26.6. The Labute approximate surface area is 131 Å².